The normalized spacial score (nSPS) is 16.6. The summed E-state index contributed by atoms with van der Waals surface area (Å²) < 4.78 is 11.4. The number of aryl methyl sites for hydroxylation is 1. The van der Waals surface area contributed by atoms with E-state index in [9.17, 15) is 14.7 Å². The maximum atomic E-state index is 13.5. The molecule has 1 heterocycles. The maximum Gasteiger partial charge on any atom is 0.300 e. The fourth-order valence-corrected chi connectivity index (χ4v) is 4.61. The Morgan fingerprint density at radius 2 is 1.64 bits per heavy atom. The first-order valence-electron chi connectivity index (χ1n) is 13.2. The minimum Gasteiger partial charge on any atom is -0.507 e. The van der Waals surface area contributed by atoms with Crippen LogP contribution in [0.15, 0.2) is 72.3 Å². The van der Waals surface area contributed by atoms with Crippen LogP contribution in [-0.4, -0.2) is 44.1 Å². The number of aliphatic hydroxyl groups excluding tert-OH is 1. The molecule has 4 rings (SSSR count). The van der Waals surface area contributed by atoms with Gasteiger partial charge in [-0.15, -0.1) is 0 Å². The number of nitrogens with zero attached hydrogens (tertiary/aromatic N) is 2. The van der Waals surface area contributed by atoms with Crippen molar-refractivity contribution in [2.75, 3.05) is 37.1 Å². The summed E-state index contributed by atoms with van der Waals surface area (Å²) in [6, 6.07) is 19.1. The minimum absolute atomic E-state index is 0.0433. The number of carbonyl (C=O) groups is 2. The van der Waals surface area contributed by atoms with Crippen LogP contribution in [0.2, 0.25) is 0 Å². The molecule has 1 N–H and O–H groups in total. The number of benzene rings is 3. The zero-order valence-electron chi connectivity index (χ0n) is 23.4. The van der Waals surface area contributed by atoms with Crippen LogP contribution >= 0.6 is 0 Å². The zero-order chi connectivity index (χ0) is 28.3. The lowest BCUT2D eigenvalue weighted by Gasteiger charge is -2.26. The molecule has 0 aromatic heterocycles. The fraction of sp³-hybridized carbons (Fsp3) is 0.312. The third kappa shape index (κ3) is 5.77. The number of anilines is 2. The monoisotopic (exact) mass is 528 g/mol. The molecule has 7 nitrogen and oxygen atoms in total. The van der Waals surface area contributed by atoms with Crippen molar-refractivity contribution in [1.82, 2.24) is 0 Å². The van der Waals surface area contributed by atoms with E-state index >= 15 is 0 Å². The van der Waals surface area contributed by atoms with E-state index in [2.05, 4.69) is 13.8 Å². The van der Waals surface area contributed by atoms with Gasteiger partial charge in [0.25, 0.3) is 11.7 Å². The lowest BCUT2D eigenvalue weighted by molar-refractivity contribution is -0.132. The highest BCUT2D eigenvalue weighted by Crippen LogP contribution is 2.43. The van der Waals surface area contributed by atoms with Crippen LogP contribution in [0.4, 0.5) is 11.4 Å². The van der Waals surface area contributed by atoms with Gasteiger partial charge in [0.15, 0.2) is 0 Å². The summed E-state index contributed by atoms with van der Waals surface area (Å²) in [6.45, 7) is 9.02. The van der Waals surface area contributed by atoms with Gasteiger partial charge in [-0.1, -0.05) is 26.0 Å². The first kappa shape index (κ1) is 27.8. The lowest BCUT2D eigenvalue weighted by atomic mass is 9.94. The van der Waals surface area contributed by atoms with Crippen LogP contribution in [0.25, 0.3) is 5.76 Å². The van der Waals surface area contributed by atoms with Gasteiger partial charge in [-0.2, -0.15) is 0 Å². The average Bonchev–Trinajstić information content (AvgIpc) is 3.18. The van der Waals surface area contributed by atoms with E-state index in [1.807, 2.05) is 57.1 Å². The molecule has 1 aliphatic rings. The molecule has 1 atom stereocenters. The smallest absolute Gasteiger partial charge is 0.300 e. The van der Waals surface area contributed by atoms with Gasteiger partial charge in [-0.3, -0.25) is 14.5 Å². The Morgan fingerprint density at radius 1 is 0.974 bits per heavy atom. The number of Topliss-reactive ketones (excluding diaryl/α,β-unsaturated/α-hetero) is 1. The van der Waals surface area contributed by atoms with E-state index in [-0.39, 0.29) is 11.3 Å². The van der Waals surface area contributed by atoms with Crippen molar-refractivity contribution >= 4 is 28.8 Å². The van der Waals surface area contributed by atoms with E-state index in [0.29, 0.717) is 47.4 Å². The van der Waals surface area contributed by atoms with Crippen molar-refractivity contribution in [3.05, 3.63) is 89.0 Å². The highest BCUT2D eigenvalue weighted by Gasteiger charge is 2.47. The Hall–Kier alpha value is -4.26. The molecule has 1 fully saturated rings. The third-order valence-electron chi connectivity index (χ3n) is 6.62. The molecule has 0 aliphatic carbocycles. The van der Waals surface area contributed by atoms with Crippen LogP contribution in [0.3, 0.4) is 0 Å². The molecule has 3 aromatic rings. The second-order valence-electron chi connectivity index (χ2n) is 10.3. The van der Waals surface area contributed by atoms with Crippen molar-refractivity contribution in [2.24, 2.45) is 5.92 Å². The number of ketones is 1. The van der Waals surface area contributed by atoms with Crippen LogP contribution in [0.5, 0.6) is 11.5 Å². The van der Waals surface area contributed by atoms with E-state index < -0.39 is 17.7 Å². The predicted molar refractivity (Wildman–Crippen MR) is 155 cm³/mol. The predicted octanol–water partition coefficient (Wildman–Crippen LogP) is 6.12. The van der Waals surface area contributed by atoms with Crippen molar-refractivity contribution in [3.63, 3.8) is 0 Å². The summed E-state index contributed by atoms with van der Waals surface area (Å²) in [5.41, 5.74) is 3.54. The molecule has 7 heteroatoms. The highest BCUT2D eigenvalue weighted by molar-refractivity contribution is 6.51. The largest absolute Gasteiger partial charge is 0.507 e. The number of ether oxygens (including phenoxy) is 2. The minimum atomic E-state index is -0.809. The summed E-state index contributed by atoms with van der Waals surface area (Å²) >= 11 is 0. The molecule has 3 aromatic carbocycles. The molecule has 1 amide bonds. The zero-order valence-corrected chi connectivity index (χ0v) is 23.4. The number of hydrogen-bond donors (Lipinski definition) is 1. The standard InChI is InChI=1S/C32H36N2O5/c1-7-38-26-15-13-25(14-16-26)34-29(22-8-11-24(12-9-22)33(5)6)28(31(36)32(34)37)30(35)23-10-17-27(21(4)18-23)39-19-20(2)3/h8-18,20,29,35H,7,19H2,1-6H3/b30-28-. The number of carbonyl (C=O) groups excluding carboxylic acids is 2. The maximum absolute atomic E-state index is 13.5. The van der Waals surface area contributed by atoms with Gasteiger partial charge in [0.1, 0.15) is 17.3 Å². The molecule has 1 saturated heterocycles. The average molecular weight is 529 g/mol. The van der Waals surface area contributed by atoms with Crippen molar-refractivity contribution in [2.45, 2.75) is 33.7 Å². The van der Waals surface area contributed by atoms with Gasteiger partial charge in [0.2, 0.25) is 0 Å². The number of rotatable bonds is 9. The van der Waals surface area contributed by atoms with Crippen LogP contribution in [0, 0.1) is 12.8 Å². The van der Waals surface area contributed by atoms with E-state index in [1.54, 1.807) is 42.5 Å². The molecule has 1 aliphatic heterocycles. The first-order valence-corrected chi connectivity index (χ1v) is 13.2. The Morgan fingerprint density at radius 3 is 2.21 bits per heavy atom. The topological polar surface area (TPSA) is 79.3 Å². The van der Waals surface area contributed by atoms with Crippen molar-refractivity contribution in [1.29, 1.82) is 0 Å². The van der Waals surface area contributed by atoms with Gasteiger partial charge < -0.3 is 19.5 Å². The fourth-order valence-electron chi connectivity index (χ4n) is 4.61. The van der Waals surface area contributed by atoms with Gasteiger partial charge in [0.05, 0.1) is 24.8 Å². The second-order valence-corrected chi connectivity index (χ2v) is 10.3. The van der Waals surface area contributed by atoms with E-state index in [0.717, 1.165) is 11.3 Å². The Kier molecular flexibility index (Phi) is 8.29. The Bertz CT molecular complexity index is 1370. The summed E-state index contributed by atoms with van der Waals surface area (Å²) in [4.78, 5) is 30.4. The SMILES string of the molecule is CCOc1ccc(N2C(=O)C(=O)/C(=C(\O)c3ccc(OCC(C)C)c(C)c3)C2c2ccc(N(C)C)cc2)cc1. The molecule has 0 spiro atoms. The summed E-state index contributed by atoms with van der Waals surface area (Å²) in [5, 5.41) is 11.5. The van der Waals surface area contributed by atoms with Crippen LogP contribution in [-0.2, 0) is 9.59 Å². The van der Waals surface area contributed by atoms with Crippen LogP contribution in [0.1, 0.15) is 43.5 Å². The Labute approximate surface area is 230 Å². The molecule has 204 valence electrons. The lowest BCUT2D eigenvalue weighted by Crippen LogP contribution is -2.29. The summed E-state index contributed by atoms with van der Waals surface area (Å²) in [6.07, 6.45) is 0. The Balaban J connectivity index is 1.83. The number of hydrogen-bond acceptors (Lipinski definition) is 6. The molecule has 0 saturated carbocycles. The van der Waals surface area contributed by atoms with Crippen LogP contribution < -0.4 is 19.3 Å². The van der Waals surface area contributed by atoms with Crippen molar-refractivity contribution in [3.8, 4) is 11.5 Å². The molecular formula is C32H36N2O5. The third-order valence-corrected chi connectivity index (χ3v) is 6.62. The highest BCUT2D eigenvalue weighted by atomic mass is 16.5. The summed E-state index contributed by atoms with van der Waals surface area (Å²) in [5.74, 6) is 0.0969. The molecular weight excluding hydrogens is 492 g/mol. The molecule has 0 bridgehead atoms. The summed E-state index contributed by atoms with van der Waals surface area (Å²) in [7, 11) is 3.88. The van der Waals surface area contributed by atoms with Gasteiger partial charge in [0, 0.05) is 31.0 Å². The quantitative estimate of drug-likeness (QED) is 0.205. The van der Waals surface area contributed by atoms with Gasteiger partial charge in [-0.25, -0.2) is 0 Å². The van der Waals surface area contributed by atoms with Crippen molar-refractivity contribution < 1.29 is 24.2 Å². The van der Waals surface area contributed by atoms with E-state index in [4.69, 9.17) is 9.47 Å². The molecule has 1 unspecified atom stereocenters. The number of aliphatic hydroxyl groups is 1. The first-order chi connectivity index (χ1) is 18.6. The number of amides is 1. The molecule has 39 heavy (non-hydrogen) atoms. The van der Waals surface area contributed by atoms with E-state index in [1.165, 1.54) is 4.90 Å². The van der Waals surface area contributed by atoms with Gasteiger partial charge in [-0.05, 0) is 85.5 Å². The molecule has 0 radical (unpaired) electrons. The van der Waals surface area contributed by atoms with Gasteiger partial charge >= 0.3 is 0 Å². The second kappa shape index (κ2) is 11.6.